The van der Waals surface area contributed by atoms with E-state index >= 15 is 0 Å². The highest BCUT2D eigenvalue weighted by Gasteiger charge is 2.27. The summed E-state index contributed by atoms with van der Waals surface area (Å²) in [6.07, 6.45) is 0.997. The first-order valence-corrected chi connectivity index (χ1v) is 11.5. The lowest BCUT2D eigenvalue weighted by Gasteiger charge is -2.37. The number of anilines is 2. The van der Waals surface area contributed by atoms with Crippen molar-refractivity contribution in [2.45, 2.75) is 0 Å². The first-order valence-electron chi connectivity index (χ1n) is 9.29. The van der Waals surface area contributed by atoms with E-state index < -0.39 is 15.8 Å². The average Bonchev–Trinajstić information content (AvgIpc) is 2.73. The molecule has 0 aromatic heterocycles. The number of rotatable bonds is 6. The molecule has 2 aromatic carbocycles. The smallest absolute Gasteiger partial charge is 0.243 e. The van der Waals surface area contributed by atoms with Gasteiger partial charge in [-0.2, -0.15) is 0 Å². The number of nitrogens with zero attached hydrogens (tertiary/aromatic N) is 3. The summed E-state index contributed by atoms with van der Waals surface area (Å²) in [5, 5.41) is -0.209. The van der Waals surface area contributed by atoms with Crippen LogP contribution in [-0.4, -0.2) is 65.3 Å². The van der Waals surface area contributed by atoms with E-state index in [-0.39, 0.29) is 23.2 Å². The lowest BCUT2D eigenvalue weighted by Crippen LogP contribution is -2.52. The average molecular weight is 456 g/mol. The summed E-state index contributed by atoms with van der Waals surface area (Å²) in [7, 11) is -2.16. The minimum Gasteiger partial charge on any atom is -0.495 e. The number of sulfonamides is 1. The quantitative estimate of drug-likeness (QED) is 0.669. The molecule has 162 valence electrons. The Morgan fingerprint density at radius 2 is 1.83 bits per heavy atom. The van der Waals surface area contributed by atoms with Crippen molar-refractivity contribution in [3.8, 4) is 5.75 Å². The summed E-state index contributed by atoms with van der Waals surface area (Å²) >= 11 is 5.78. The molecule has 0 bridgehead atoms. The van der Waals surface area contributed by atoms with Gasteiger partial charge < -0.3 is 14.5 Å². The topological polar surface area (TPSA) is 70.2 Å². The summed E-state index contributed by atoms with van der Waals surface area (Å²) in [5.41, 5.74) is 1.09. The van der Waals surface area contributed by atoms with Crippen molar-refractivity contribution < 1.29 is 22.3 Å². The van der Waals surface area contributed by atoms with E-state index in [0.29, 0.717) is 26.2 Å². The molecular weight excluding hydrogens is 433 g/mol. The van der Waals surface area contributed by atoms with Gasteiger partial charge in [-0.15, -0.1) is 0 Å². The molecule has 1 heterocycles. The van der Waals surface area contributed by atoms with Gasteiger partial charge >= 0.3 is 0 Å². The minimum absolute atomic E-state index is 0.143. The molecule has 1 saturated heterocycles. The van der Waals surface area contributed by atoms with Gasteiger partial charge in [0.25, 0.3) is 0 Å². The van der Waals surface area contributed by atoms with Gasteiger partial charge in [-0.25, -0.2) is 12.8 Å². The Balaban J connectivity index is 1.69. The second-order valence-electron chi connectivity index (χ2n) is 6.91. The Kier molecular flexibility index (Phi) is 6.72. The van der Waals surface area contributed by atoms with Gasteiger partial charge in [0.15, 0.2) is 0 Å². The van der Waals surface area contributed by atoms with Crippen LogP contribution in [0.1, 0.15) is 0 Å². The predicted molar refractivity (Wildman–Crippen MR) is 115 cm³/mol. The zero-order valence-electron chi connectivity index (χ0n) is 16.7. The predicted octanol–water partition coefficient (Wildman–Crippen LogP) is 2.60. The molecular formula is C20H23ClFN3O4S. The lowest BCUT2D eigenvalue weighted by molar-refractivity contribution is -0.129. The number of hydrogen-bond donors (Lipinski definition) is 0. The fourth-order valence-corrected chi connectivity index (χ4v) is 4.37. The summed E-state index contributed by atoms with van der Waals surface area (Å²) < 4.78 is 44.3. The van der Waals surface area contributed by atoms with Crippen LogP contribution in [0.4, 0.5) is 15.8 Å². The van der Waals surface area contributed by atoms with Crippen molar-refractivity contribution in [2.24, 2.45) is 0 Å². The van der Waals surface area contributed by atoms with Crippen LogP contribution in [0.3, 0.4) is 0 Å². The molecule has 1 fully saturated rings. The van der Waals surface area contributed by atoms with Crippen LogP contribution in [0, 0.1) is 5.82 Å². The van der Waals surface area contributed by atoms with Gasteiger partial charge in [-0.05, 0) is 30.3 Å². The third-order valence-corrected chi connectivity index (χ3v) is 6.36. The number of carbonyl (C=O) groups excluding carboxylic acids is 1. The molecule has 10 heteroatoms. The number of para-hydroxylation sites is 2. The molecule has 0 unspecified atom stereocenters. The fraction of sp³-hybridized carbons (Fsp3) is 0.350. The highest BCUT2D eigenvalue weighted by atomic mass is 35.5. The van der Waals surface area contributed by atoms with Gasteiger partial charge in [0.1, 0.15) is 18.1 Å². The van der Waals surface area contributed by atoms with E-state index in [1.807, 2.05) is 24.3 Å². The standard InChI is InChI=1S/C20H23ClFN3O4S/c1-29-19-6-4-3-5-18(19)23-9-11-24(12-10-23)20(26)14-25(30(2,27)28)15-7-8-17(22)16(21)13-15/h3-8,13H,9-12,14H2,1-2H3. The van der Waals surface area contributed by atoms with Crippen LogP contribution in [-0.2, 0) is 14.8 Å². The molecule has 7 nitrogen and oxygen atoms in total. The number of methoxy groups -OCH3 is 1. The summed E-state index contributed by atoms with van der Waals surface area (Å²) in [6, 6.07) is 11.2. The normalized spacial score (nSPS) is 14.5. The van der Waals surface area contributed by atoms with E-state index in [4.69, 9.17) is 16.3 Å². The second-order valence-corrected chi connectivity index (χ2v) is 9.22. The van der Waals surface area contributed by atoms with Crippen molar-refractivity contribution in [2.75, 3.05) is 55.3 Å². The van der Waals surface area contributed by atoms with Crippen molar-refractivity contribution in [3.05, 3.63) is 53.3 Å². The first-order chi connectivity index (χ1) is 14.2. The van der Waals surface area contributed by atoms with E-state index in [9.17, 15) is 17.6 Å². The summed E-state index contributed by atoms with van der Waals surface area (Å²) in [4.78, 5) is 16.6. The maximum atomic E-state index is 13.5. The molecule has 1 amide bonds. The molecule has 3 rings (SSSR count). The van der Waals surface area contributed by atoms with Crippen LogP contribution < -0.4 is 13.9 Å². The number of ether oxygens (including phenoxy) is 1. The lowest BCUT2D eigenvalue weighted by atomic mass is 10.2. The number of piperazine rings is 1. The highest BCUT2D eigenvalue weighted by molar-refractivity contribution is 7.92. The van der Waals surface area contributed by atoms with Gasteiger partial charge in [0.05, 0.1) is 29.8 Å². The van der Waals surface area contributed by atoms with Crippen LogP contribution >= 0.6 is 11.6 Å². The maximum absolute atomic E-state index is 13.5. The number of halogens is 2. The Morgan fingerprint density at radius 1 is 1.17 bits per heavy atom. The summed E-state index contributed by atoms with van der Waals surface area (Å²) in [6.45, 7) is 1.69. The third-order valence-electron chi connectivity index (χ3n) is 4.93. The minimum atomic E-state index is -3.77. The number of benzene rings is 2. The van der Waals surface area contributed by atoms with Gasteiger partial charge in [0.2, 0.25) is 15.9 Å². The van der Waals surface area contributed by atoms with E-state index in [2.05, 4.69) is 4.90 Å². The number of carbonyl (C=O) groups is 1. The molecule has 30 heavy (non-hydrogen) atoms. The second kappa shape index (κ2) is 9.09. The maximum Gasteiger partial charge on any atom is 0.243 e. The van der Waals surface area contributed by atoms with Crippen molar-refractivity contribution in [3.63, 3.8) is 0 Å². The molecule has 0 aliphatic carbocycles. The zero-order valence-corrected chi connectivity index (χ0v) is 18.3. The Morgan fingerprint density at radius 3 is 2.43 bits per heavy atom. The Hall–Kier alpha value is -2.52. The van der Waals surface area contributed by atoms with Crippen molar-refractivity contribution in [1.82, 2.24) is 4.90 Å². The van der Waals surface area contributed by atoms with Crippen LogP contribution in [0.2, 0.25) is 5.02 Å². The van der Waals surface area contributed by atoms with Crippen LogP contribution in [0.15, 0.2) is 42.5 Å². The molecule has 0 radical (unpaired) electrons. The number of amides is 1. The SMILES string of the molecule is COc1ccccc1N1CCN(C(=O)CN(c2ccc(F)c(Cl)c2)S(C)(=O)=O)CC1. The van der Waals surface area contributed by atoms with E-state index in [0.717, 1.165) is 28.1 Å². The fourth-order valence-electron chi connectivity index (χ4n) is 3.35. The van der Waals surface area contributed by atoms with Gasteiger partial charge in [-0.1, -0.05) is 23.7 Å². The molecule has 0 saturated carbocycles. The van der Waals surface area contributed by atoms with E-state index in [1.54, 1.807) is 12.0 Å². The molecule has 0 atom stereocenters. The number of hydrogen-bond acceptors (Lipinski definition) is 5. The monoisotopic (exact) mass is 455 g/mol. The van der Waals surface area contributed by atoms with Crippen LogP contribution in [0.5, 0.6) is 5.75 Å². The third kappa shape index (κ3) is 4.96. The molecule has 2 aromatic rings. The first kappa shape index (κ1) is 22.2. The highest BCUT2D eigenvalue weighted by Crippen LogP contribution is 2.29. The Bertz CT molecular complexity index is 1030. The van der Waals surface area contributed by atoms with Gasteiger partial charge in [0, 0.05) is 26.2 Å². The molecule has 1 aliphatic rings. The van der Waals surface area contributed by atoms with Crippen LogP contribution in [0.25, 0.3) is 0 Å². The van der Waals surface area contributed by atoms with Crippen molar-refractivity contribution >= 4 is 38.9 Å². The molecule has 1 aliphatic heterocycles. The summed E-state index contributed by atoms with van der Waals surface area (Å²) in [5.74, 6) is -0.234. The van der Waals surface area contributed by atoms with Crippen molar-refractivity contribution in [1.29, 1.82) is 0 Å². The zero-order chi connectivity index (χ0) is 21.9. The molecule has 0 spiro atoms. The largest absolute Gasteiger partial charge is 0.495 e. The van der Waals surface area contributed by atoms with E-state index in [1.165, 1.54) is 12.1 Å². The van der Waals surface area contributed by atoms with Gasteiger partial charge in [-0.3, -0.25) is 9.10 Å². The Labute approximate surface area is 180 Å². The molecule has 0 N–H and O–H groups in total.